The number of phenolic OH excluding ortho intramolecular Hbond substituents is 1. The Kier molecular flexibility index (Phi) is 9.04. The van der Waals surface area contributed by atoms with E-state index in [1.165, 1.54) is 36.5 Å². The van der Waals surface area contributed by atoms with Crippen LogP contribution in [0, 0.1) is 29.2 Å². The summed E-state index contributed by atoms with van der Waals surface area (Å²) in [6.45, 7) is 3.56. The fourth-order valence-electron chi connectivity index (χ4n) is 8.26. The van der Waals surface area contributed by atoms with Gasteiger partial charge in [0.2, 0.25) is 0 Å². The second-order valence-corrected chi connectivity index (χ2v) is 14.1. The molecule has 0 saturated carbocycles. The highest BCUT2D eigenvalue weighted by Gasteiger charge is 2.49. The number of aromatic nitrogens is 3. The Balaban J connectivity index is 1.16. The fourth-order valence-corrected chi connectivity index (χ4v) is 8.26. The maximum atomic E-state index is 16.9. The SMILES string of the molecule is CCc1c(F)ccc2cc(O)cc(-c3ncc4c(N5CCC(C(=O)Oc6ccc(F)c(F)c6)CC5)nc(OC[C@@]56CCCN5C[C@H](F)C6)nc4c3F)c12. The minimum absolute atomic E-state index is 0.103. The van der Waals surface area contributed by atoms with Gasteiger partial charge in [-0.25, -0.2) is 22.0 Å². The van der Waals surface area contributed by atoms with E-state index in [2.05, 4.69) is 14.9 Å². The molecule has 0 bridgehead atoms. The Bertz CT molecular complexity index is 2250. The summed E-state index contributed by atoms with van der Waals surface area (Å²) in [4.78, 5) is 30.6. The summed E-state index contributed by atoms with van der Waals surface area (Å²) < 4.78 is 85.1. The number of anilines is 1. The van der Waals surface area contributed by atoms with Gasteiger partial charge in [0, 0.05) is 43.9 Å². The number of benzene rings is 3. The van der Waals surface area contributed by atoms with Crippen LogP contribution < -0.4 is 14.4 Å². The number of nitrogens with zero attached hydrogens (tertiary/aromatic N) is 5. The zero-order valence-corrected chi connectivity index (χ0v) is 28.8. The molecule has 3 aliphatic heterocycles. The lowest BCUT2D eigenvalue weighted by Crippen LogP contribution is -2.43. The Morgan fingerprint density at radius 1 is 1.00 bits per heavy atom. The lowest BCUT2D eigenvalue weighted by Gasteiger charge is -2.33. The molecule has 8 rings (SSSR count). The third-order valence-corrected chi connectivity index (χ3v) is 10.9. The molecule has 14 heteroatoms. The van der Waals surface area contributed by atoms with Crippen LogP contribution in [0.2, 0.25) is 0 Å². The Morgan fingerprint density at radius 2 is 1.79 bits per heavy atom. The van der Waals surface area contributed by atoms with Crippen LogP contribution in [-0.4, -0.2) is 75.4 Å². The zero-order chi connectivity index (χ0) is 37.0. The molecule has 3 aliphatic rings. The highest BCUT2D eigenvalue weighted by molar-refractivity contribution is 6.01. The van der Waals surface area contributed by atoms with E-state index in [0.717, 1.165) is 31.5 Å². The highest BCUT2D eigenvalue weighted by Crippen LogP contribution is 2.42. The van der Waals surface area contributed by atoms with Crippen molar-refractivity contribution in [3.05, 3.63) is 77.5 Å². The number of alkyl halides is 1. The molecule has 276 valence electrons. The molecule has 3 fully saturated rings. The third kappa shape index (κ3) is 6.36. The predicted molar refractivity (Wildman–Crippen MR) is 187 cm³/mol. The van der Waals surface area contributed by atoms with Gasteiger partial charge < -0.3 is 19.5 Å². The van der Waals surface area contributed by atoms with E-state index in [9.17, 15) is 23.1 Å². The van der Waals surface area contributed by atoms with E-state index in [0.29, 0.717) is 67.5 Å². The molecule has 1 N–H and O–H groups in total. The number of carbonyl (C=O) groups is 1. The number of esters is 1. The summed E-state index contributed by atoms with van der Waals surface area (Å²) in [5.41, 5.74) is -0.243. The summed E-state index contributed by atoms with van der Waals surface area (Å²) >= 11 is 0. The van der Waals surface area contributed by atoms with Gasteiger partial charge in [-0.1, -0.05) is 13.0 Å². The maximum absolute atomic E-state index is 16.9. The van der Waals surface area contributed by atoms with Gasteiger partial charge >= 0.3 is 12.0 Å². The van der Waals surface area contributed by atoms with Crippen LogP contribution in [0.3, 0.4) is 0 Å². The molecular weight excluding hydrogens is 697 g/mol. The summed E-state index contributed by atoms with van der Waals surface area (Å²) in [6.07, 6.45) is 3.33. The Hall–Kier alpha value is -5.11. The van der Waals surface area contributed by atoms with Crippen LogP contribution in [0.25, 0.3) is 32.9 Å². The molecule has 5 heterocycles. The number of aromatic hydroxyl groups is 1. The average Bonchev–Trinajstić information content (AvgIpc) is 3.68. The lowest BCUT2D eigenvalue weighted by atomic mass is 9.94. The zero-order valence-electron chi connectivity index (χ0n) is 28.8. The van der Waals surface area contributed by atoms with Crippen LogP contribution in [0.1, 0.15) is 44.6 Å². The summed E-state index contributed by atoms with van der Waals surface area (Å²) in [5.74, 6) is -4.56. The van der Waals surface area contributed by atoms with Gasteiger partial charge in [-0.2, -0.15) is 9.97 Å². The number of rotatable bonds is 8. The molecule has 2 atom stereocenters. The minimum Gasteiger partial charge on any atom is -0.508 e. The molecule has 53 heavy (non-hydrogen) atoms. The van der Waals surface area contributed by atoms with Gasteiger partial charge in [0.25, 0.3) is 0 Å². The topological polar surface area (TPSA) is 101 Å². The number of hydrogen-bond acceptors (Lipinski definition) is 9. The second-order valence-electron chi connectivity index (χ2n) is 14.1. The van der Waals surface area contributed by atoms with Crippen molar-refractivity contribution in [2.24, 2.45) is 5.92 Å². The first-order chi connectivity index (χ1) is 25.5. The second kappa shape index (κ2) is 13.7. The normalized spacial score (nSPS) is 20.7. The summed E-state index contributed by atoms with van der Waals surface area (Å²) in [7, 11) is 0. The molecular formula is C39H36F5N5O4. The molecule has 0 amide bonds. The van der Waals surface area contributed by atoms with E-state index in [1.807, 2.05) is 4.90 Å². The average molecular weight is 734 g/mol. The molecule has 0 radical (unpaired) electrons. The van der Waals surface area contributed by atoms with Crippen molar-refractivity contribution in [1.82, 2.24) is 19.9 Å². The number of halogens is 5. The number of phenols is 1. The molecule has 0 aliphatic carbocycles. The number of ether oxygens (including phenoxy) is 2. The minimum atomic E-state index is -1.13. The first kappa shape index (κ1) is 34.9. The number of aryl methyl sites for hydroxylation is 1. The summed E-state index contributed by atoms with van der Waals surface area (Å²) in [5, 5.41) is 11.8. The quantitative estimate of drug-likeness (QED) is 0.0991. The van der Waals surface area contributed by atoms with Crippen molar-refractivity contribution in [3.63, 3.8) is 0 Å². The van der Waals surface area contributed by atoms with E-state index in [-0.39, 0.29) is 46.3 Å². The van der Waals surface area contributed by atoms with Gasteiger partial charge in [-0.05, 0) is 85.3 Å². The van der Waals surface area contributed by atoms with E-state index < -0.39 is 46.9 Å². The van der Waals surface area contributed by atoms with Gasteiger partial charge in [0.1, 0.15) is 47.1 Å². The lowest BCUT2D eigenvalue weighted by molar-refractivity contribution is -0.139. The smallest absolute Gasteiger partial charge is 0.319 e. The maximum Gasteiger partial charge on any atom is 0.319 e. The largest absolute Gasteiger partial charge is 0.508 e. The van der Waals surface area contributed by atoms with Gasteiger partial charge in [0.15, 0.2) is 17.5 Å². The van der Waals surface area contributed by atoms with Crippen molar-refractivity contribution < 1.29 is 41.3 Å². The molecule has 9 nitrogen and oxygen atoms in total. The first-order valence-corrected chi connectivity index (χ1v) is 17.8. The van der Waals surface area contributed by atoms with Gasteiger partial charge in [0.05, 0.1) is 16.8 Å². The van der Waals surface area contributed by atoms with Crippen molar-refractivity contribution in [2.45, 2.75) is 57.2 Å². The number of pyridine rings is 1. The standard InChI is InChI=1S/C39H36F5N5O4/c1-2-26-29(41)6-4-22-14-24(50)15-27(32(22)26)34-33(44)35-28(18-45-34)36(47-38(46-35)52-20-39-10-3-11-49(39)19-23(40)17-39)48-12-8-21(9-13-48)37(51)53-25-5-7-30(42)31(43)16-25/h4-7,14-16,18,21,23,50H,2-3,8-13,17,19-20H2,1H3/t23-,39+/m1/s1. The van der Waals surface area contributed by atoms with E-state index >= 15 is 8.78 Å². The van der Waals surface area contributed by atoms with E-state index in [1.54, 1.807) is 6.92 Å². The van der Waals surface area contributed by atoms with Crippen molar-refractivity contribution in [2.75, 3.05) is 37.7 Å². The molecule has 5 aromatic rings. The molecule has 3 aromatic carbocycles. The van der Waals surface area contributed by atoms with Gasteiger partial charge in [-0.15, -0.1) is 0 Å². The monoisotopic (exact) mass is 733 g/mol. The van der Waals surface area contributed by atoms with Crippen molar-refractivity contribution in [3.8, 4) is 28.8 Å². The molecule has 2 aromatic heterocycles. The number of piperidine rings is 1. The highest BCUT2D eigenvalue weighted by atomic mass is 19.2. The van der Waals surface area contributed by atoms with Crippen LogP contribution in [0.15, 0.2) is 48.7 Å². The number of fused-ring (bicyclic) bond motifs is 3. The van der Waals surface area contributed by atoms with Crippen LogP contribution in [0.4, 0.5) is 27.8 Å². The van der Waals surface area contributed by atoms with Crippen molar-refractivity contribution in [1.29, 1.82) is 0 Å². The summed E-state index contributed by atoms with van der Waals surface area (Å²) in [6, 6.07) is 8.42. The molecule has 0 unspecified atom stereocenters. The van der Waals surface area contributed by atoms with Crippen LogP contribution >= 0.6 is 0 Å². The molecule has 0 spiro atoms. The fraction of sp³-hybridized carbons (Fsp3) is 0.385. The number of hydrogen-bond donors (Lipinski definition) is 1. The molecule has 3 saturated heterocycles. The van der Waals surface area contributed by atoms with Crippen LogP contribution in [-0.2, 0) is 11.2 Å². The number of carbonyl (C=O) groups excluding carboxylic acids is 1. The first-order valence-electron chi connectivity index (χ1n) is 17.8. The Morgan fingerprint density at radius 3 is 2.57 bits per heavy atom. The predicted octanol–water partition coefficient (Wildman–Crippen LogP) is 7.45. The van der Waals surface area contributed by atoms with E-state index in [4.69, 9.17) is 14.5 Å². The van der Waals surface area contributed by atoms with Crippen molar-refractivity contribution >= 4 is 33.5 Å². The third-order valence-electron chi connectivity index (χ3n) is 10.9. The van der Waals surface area contributed by atoms with Crippen LogP contribution in [0.5, 0.6) is 17.5 Å². The van der Waals surface area contributed by atoms with Gasteiger partial charge in [-0.3, -0.25) is 14.7 Å². The Labute approximate surface area is 301 Å².